The first-order valence-corrected chi connectivity index (χ1v) is 17.8. The molecule has 0 unspecified atom stereocenters. The van der Waals surface area contributed by atoms with Gasteiger partial charge in [0.2, 0.25) is 0 Å². The van der Waals surface area contributed by atoms with Crippen molar-refractivity contribution in [3.8, 4) is 55.6 Å². The van der Waals surface area contributed by atoms with E-state index >= 15 is 0 Å². The number of hydrogen-bond acceptors (Lipinski definition) is 0. The highest BCUT2D eigenvalue weighted by Gasteiger charge is 2.51. The molecule has 2 aliphatic carbocycles. The molecular formula is C51H32. The molecule has 1 spiro atoms. The first-order chi connectivity index (χ1) is 25.3. The second-order valence-electron chi connectivity index (χ2n) is 14.1. The molecule has 0 fully saturated rings. The van der Waals surface area contributed by atoms with Gasteiger partial charge in [-0.1, -0.05) is 164 Å². The molecule has 9 aromatic carbocycles. The molecule has 9 aromatic rings. The summed E-state index contributed by atoms with van der Waals surface area (Å²) in [5, 5.41) is 5.04. The van der Waals surface area contributed by atoms with Gasteiger partial charge in [-0.25, -0.2) is 0 Å². The van der Waals surface area contributed by atoms with Gasteiger partial charge < -0.3 is 0 Å². The Morgan fingerprint density at radius 1 is 0.216 bits per heavy atom. The lowest BCUT2D eigenvalue weighted by Gasteiger charge is -2.30. The van der Waals surface area contributed by atoms with Crippen LogP contribution in [0.25, 0.3) is 77.2 Å². The van der Waals surface area contributed by atoms with Gasteiger partial charge in [0.1, 0.15) is 0 Å². The molecule has 11 rings (SSSR count). The van der Waals surface area contributed by atoms with E-state index in [1.54, 1.807) is 0 Å². The summed E-state index contributed by atoms with van der Waals surface area (Å²) in [4.78, 5) is 0. The standard InChI is InChI=1S/C51H32/c1-2-11-34-28-38(21-20-33(34)10-1)40-25-24-39-30-37(22-23-41(39)31-40)35-12-9-13-36(29-35)42-26-27-46-45-16-5-8-19-49(45)51(50(46)32-42)47-17-6-3-14-43(47)44-15-4-7-18-48(44)51/h1-32H. The van der Waals surface area contributed by atoms with Crippen LogP contribution < -0.4 is 0 Å². The summed E-state index contributed by atoms with van der Waals surface area (Å²) >= 11 is 0. The van der Waals surface area contributed by atoms with Crippen LogP contribution in [0.5, 0.6) is 0 Å². The van der Waals surface area contributed by atoms with Crippen LogP contribution in [0, 0.1) is 0 Å². The van der Waals surface area contributed by atoms with Gasteiger partial charge in [-0.3, -0.25) is 0 Å². The Kier molecular flexibility index (Phi) is 5.97. The van der Waals surface area contributed by atoms with E-state index in [9.17, 15) is 0 Å². The van der Waals surface area contributed by atoms with E-state index in [-0.39, 0.29) is 5.41 Å². The quantitative estimate of drug-likeness (QED) is 0.180. The summed E-state index contributed by atoms with van der Waals surface area (Å²) < 4.78 is 0. The van der Waals surface area contributed by atoms with Crippen molar-refractivity contribution >= 4 is 21.5 Å². The van der Waals surface area contributed by atoms with Gasteiger partial charge in [0.25, 0.3) is 0 Å². The zero-order chi connectivity index (χ0) is 33.5. The molecule has 0 nitrogen and oxygen atoms in total. The van der Waals surface area contributed by atoms with Crippen LogP contribution in [0.4, 0.5) is 0 Å². The smallest absolute Gasteiger partial charge is 0.0619 e. The Hall–Kier alpha value is -6.50. The summed E-state index contributed by atoms with van der Waals surface area (Å²) in [6.07, 6.45) is 0. The van der Waals surface area contributed by atoms with Crippen LogP contribution in [-0.2, 0) is 5.41 Å². The van der Waals surface area contributed by atoms with E-state index in [4.69, 9.17) is 0 Å². The largest absolute Gasteiger partial charge is 0.0725 e. The first kappa shape index (κ1) is 28.3. The van der Waals surface area contributed by atoms with Gasteiger partial charge in [-0.15, -0.1) is 0 Å². The van der Waals surface area contributed by atoms with Gasteiger partial charge >= 0.3 is 0 Å². The molecule has 51 heavy (non-hydrogen) atoms. The zero-order valence-electron chi connectivity index (χ0n) is 28.0. The average molecular weight is 645 g/mol. The highest BCUT2D eigenvalue weighted by atomic mass is 14.5. The van der Waals surface area contributed by atoms with Crippen LogP contribution in [0.15, 0.2) is 194 Å². The molecule has 0 amide bonds. The minimum atomic E-state index is -0.337. The second-order valence-corrected chi connectivity index (χ2v) is 14.1. The Morgan fingerprint density at radius 2 is 0.588 bits per heavy atom. The highest BCUT2D eigenvalue weighted by Crippen LogP contribution is 2.63. The molecular weight excluding hydrogens is 613 g/mol. The summed E-state index contributed by atoms with van der Waals surface area (Å²) in [5.74, 6) is 0. The number of fused-ring (bicyclic) bond motifs is 12. The molecule has 0 heterocycles. The number of hydrogen-bond donors (Lipinski definition) is 0. The SMILES string of the molecule is c1cc(-c2ccc3c(c2)C2(c4ccccc4-c4ccccc42)c2ccccc2-3)cc(-c2ccc3cc(-c4ccc5ccccc5c4)ccc3c2)c1. The van der Waals surface area contributed by atoms with Crippen molar-refractivity contribution in [1.82, 2.24) is 0 Å². The monoisotopic (exact) mass is 644 g/mol. The van der Waals surface area contributed by atoms with E-state index in [1.165, 1.54) is 99.4 Å². The van der Waals surface area contributed by atoms with Crippen LogP contribution >= 0.6 is 0 Å². The molecule has 0 heteroatoms. The zero-order valence-corrected chi connectivity index (χ0v) is 28.0. The minimum absolute atomic E-state index is 0.337. The molecule has 0 radical (unpaired) electrons. The summed E-state index contributed by atoms with van der Waals surface area (Å²) in [6.45, 7) is 0. The van der Waals surface area contributed by atoms with Crippen LogP contribution in [-0.4, -0.2) is 0 Å². The van der Waals surface area contributed by atoms with Gasteiger partial charge in [-0.05, 0) is 130 Å². The summed E-state index contributed by atoms with van der Waals surface area (Å²) in [6, 6.07) is 72.3. The molecule has 0 N–H and O–H groups in total. The Balaban J connectivity index is 1.01. The summed E-state index contributed by atoms with van der Waals surface area (Å²) in [7, 11) is 0. The lowest BCUT2D eigenvalue weighted by atomic mass is 9.70. The van der Waals surface area contributed by atoms with Crippen molar-refractivity contribution in [1.29, 1.82) is 0 Å². The van der Waals surface area contributed by atoms with Gasteiger partial charge in [-0.2, -0.15) is 0 Å². The molecule has 0 atom stereocenters. The van der Waals surface area contributed by atoms with Crippen molar-refractivity contribution in [2.75, 3.05) is 0 Å². The molecule has 2 aliphatic rings. The fourth-order valence-electron chi connectivity index (χ4n) is 9.13. The van der Waals surface area contributed by atoms with E-state index in [0.717, 1.165) is 0 Å². The summed E-state index contributed by atoms with van der Waals surface area (Å²) in [5.41, 5.74) is 17.9. The van der Waals surface area contributed by atoms with Crippen LogP contribution in [0.2, 0.25) is 0 Å². The minimum Gasteiger partial charge on any atom is -0.0619 e. The van der Waals surface area contributed by atoms with Crippen molar-refractivity contribution in [2.45, 2.75) is 5.41 Å². The molecule has 0 aromatic heterocycles. The van der Waals surface area contributed by atoms with Gasteiger partial charge in [0, 0.05) is 0 Å². The van der Waals surface area contributed by atoms with E-state index < -0.39 is 0 Å². The van der Waals surface area contributed by atoms with Gasteiger partial charge in [0.05, 0.1) is 5.41 Å². The topological polar surface area (TPSA) is 0 Å². The fourth-order valence-corrected chi connectivity index (χ4v) is 9.13. The first-order valence-electron chi connectivity index (χ1n) is 17.8. The second kappa shape index (κ2) is 10.7. The third kappa shape index (κ3) is 4.08. The maximum atomic E-state index is 2.47. The van der Waals surface area contributed by atoms with E-state index in [2.05, 4.69) is 194 Å². The third-order valence-electron chi connectivity index (χ3n) is 11.4. The van der Waals surface area contributed by atoms with E-state index in [1.807, 2.05) is 0 Å². The predicted molar refractivity (Wildman–Crippen MR) is 214 cm³/mol. The Morgan fingerprint density at radius 3 is 1.14 bits per heavy atom. The van der Waals surface area contributed by atoms with E-state index in [0.29, 0.717) is 0 Å². The molecule has 0 bridgehead atoms. The fraction of sp³-hybridized carbons (Fsp3) is 0.0196. The highest BCUT2D eigenvalue weighted by molar-refractivity contribution is 5.97. The molecule has 0 aliphatic heterocycles. The van der Waals surface area contributed by atoms with Crippen LogP contribution in [0.1, 0.15) is 22.3 Å². The van der Waals surface area contributed by atoms with Crippen molar-refractivity contribution in [3.63, 3.8) is 0 Å². The maximum Gasteiger partial charge on any atom is 0.0725 e. The molecule has 0 saturated heterocycles. The third-order valence-corrected chi connectivity index (χ3v) is 11.4. The lowest BCUT2D eigenvalue weighted by Crippen LogP contribution is -2.25. The van der Waals surface area contributed by atoms with Crippen molar-refractivity contribution in [2.24, 2.45) is 0 Å². The Labute approximate surface area is 297 Å². The maximum absolute atomic E-state index is 2.47. The lowest BCUT2D eigenvalue weighted by molar-refractivity contribution is 0.794. The van der Waals surface area contributed by atoms with Crippen molar-refractivity contribution in [3.05, 3.63) is 216 Å². The normalized spacial score (nSPS) is 13.3. The van der Waals surface area contributed by atoms with Crippen LogP contribution in [0.3, 0.4) is 0 Å². The molecule has 0 saturated carbocycles. The molecule has 236 valence electrons. The number of rotatable bonds is 3. The average Bonchev–Trinajstić information content (AvgIpc) is 3.67. The Bertz CT molecular complexity index is 2810. The predicted octanol–water partition coefficient (Wildman–Crippen LogP) is 13.3. The van der Waals surface area contributed by atoms with Crippen molar-refractivity contribution < 1.29 is 0 Å². The number of benzene rings is 9. The van der Waals surface area contributed by atoms with Gasteiger partial charge in [0.15, 0.2) is 0 Å².